The molecule has 0 aromatic carbocycles. The van der Waals surface area contributed by atoms with Gasteiger partial charge in [-0.3, -0.25) is 14.5 Å². The Morgan fingerprint density at radius 3 is 2.33 bits per heavy atom. The lowest BCUT2D eigenvalue weighted by atomic mass is 9.75. The average Bonchev–Trinajstić information content (AvgIpc) is 2.38. The Balaban J connectivity index is 2.63. The highest BCUT2D eigenvalue weighted by Crippen LogP contribution is 2.36. The van der Waals surface area contributed by atoms with Gasteiger partial charge in [-0.05, 0) is 26.2 Å². The highest BCUT2D eigenvalue weighted by Gasteiger charge is 2.41. The number of carboxylic acid groups (broad SMARTS) is 1. The molecule has 5 nitrogen and oxygen atoms in total. The second kappa shape index (κ2) is 6.18. The van der Waals surface area contributed by atoms with Crippen LogP contribution in [0.3, 0.4) is 0 Å². The van der Waals surface area contributed by atoms with E-state index in [-0.39, 0.29) is 11.9 Å². The molecule has 1 heterocycles. The molecule has 0 aromatic rings. The Morgan fingerprint density at radius 2 is 1.94 bits per heavy atom. The molecule has 0 spiro atoms. The predicted octanol–water partition coefficient (Wildman–Crippen LogP) is 1.09. The summed E-state index contributed by atoms with van der Waals surface area (Å²) in [4.78, 5) is 25.1. The largest absolute Gasteiger partial charge is 0.481 e. The van der Waals surface area contributed by atoms with E-state index in [2.05, 4.69) is 10.2 Å². The summed E-state index contributed by atoms with van der Waals surface area (Å²) < 4.78 is 0. The van der Waals surface area contributed by atoms with Crippen LogP contribution in [0.2, 0.25) is 0 Å². The minimum absolute atomic E-state index is 0.00619. The van der Waals surface area contributed by atoms with E-state index < -0.39 is 11.4 Å². The van der Waals surface area contributed by atoms with Gasteiger partial charge in [-0.15, -0.1) is 0 Å². The molecule has 5 heteroatoms. The Labute approximate surface area is 109 Å². The van der Waals surface area contributed by atoms with Crippen molar-refractivity contribution in [1.29, 1.82) is 0 Å². The number of likely N-dealkylation sites (N-methyl/N-ethyl adjacent to an activating group) is 1. The van der Waals surface area contributed by atoms with Gasteiger partial charge in [0.2, 0.25) is 5.91 Å². The van der Waals surface area contributed by atoms with Crippen LogP contribution in [0.4, 0.5) is 0 Å². The van der Waals surface area contributed by atoms with E-state index in [1.54, 1.807) is 7.05 Å². The van der Waals surface area contributed by atoms with E-state index >= 15 is 0 Å². The highest BCUT2D eigenvalue weighted by atomic mass is 16.4. The quantitative estimate of drug-likeness (QED) is 0.772. The molecular weight excluding hydrogens is 232 g/mol. The zero-order valence-electron chi connectivity index (χ0n) is 11.5. The SMILES string of the molecule is CCCC1(C(=O)O)CCN(C(C)C(=O)NC)CC1. The summed E-state index contributed by atoms with van der Waals surface area (Å²) in [6.45, 7) is 5.25. The number of likely N-dealkylation sites (tertiary alicyclic amines) is 1. The van der Waals surface area contributed by atoms with Gasteiger partial charge in [-0.25, -0.2) is 0 Å². The number of hydrogen-bond donors (Lipinski definition) is 2. The van der Waals surface area contributed by atoms with Crippen LogP contribution in [-0.2, 0) is 9.59 Å². The van der Waals surface area contributed by atoms with Gasteiger partial charge in [0, 0.05) is 20.1 Å². The summed E-state index contributed by atoms with van der Waals surface area (Å²) in [7, 11) is 1.63. The van der Waals surface area contributed by atoms with E-state index in [9.17, 15) is 14.7 Å². The lowest BCUT2D eigenvalue weighted by Gasteiger charge is -2.40. The molecule has 1 amide bonds. The van der Waals surface area contributed by atoms with Gasteiger partial charge in [0.25, 0.3) is 0 Å². The van der Waals surface area contributed by atoms with Crippen molar-refractivity contribution in [1.82, 2.24) is 10.2 Å². The summed E-state index contributed by atoms with van der Waals surface area (Å²) in [5.74, 6) is -0.690. The van der Waals surface area contributed by atoms with Gasteiger partial charge < -0.3 is 10.4 Å². The van der Waals surface area contributed by atoms with Crippen LogP contribution in [-0.4, -0.2) is 48.1 Å². The fourth-order valence-corrected chi connectivity index (χ4v) is 2.76. The van der Waals surface area contributed by atoms with Gasteiger partial charge in [0.15, 0.2) is 0 Å². The van der Waals surface area contributed by atoms with Crippen molar-refractivity contribution in [2.24, 2.45) is 5.41 Å². The lowest BCUT2D eigenvalue weighted by molar-refractivity contribution is -0.153. The van der Waals surface area contributed by atoms with Gasteiger partial charge in [0.05, 0.1) is 11.5 Å². The standard InChI is InChI=1S/C13H24N2O3/c1-4-5-13(12(17)18)6-8-15(9-7-13)10(2)11(16)14-3/h10H,4-9H2,1-3H3,(H,14,16)(H,17,18). The first-order valence-corrected chi connectivity index (χ1v) is 6.66. The van der Waals surface area contributed by atoms with Crippen molar-refractivity contribution in [3.05, 3.63) is 0 Å². The van der Waals surface area contributed by atoms with Crippen molar-refractivity contribution in [2.75, 3.05) is 20.1 Å². The van der Waals surface area contributed by atoms with Crippen LogP contribution in [0.15, 0.2) is 0 Å². The normalized spacial score (nSPS) is 21.3. The third kappa shape index (κ3) is 3.02. The number of carboxylic acids is 1. The maximum Gasteiger partial charge on any atom is 0.309 e. The van der Waals surface area contributed by atoms with E-state index in [1.165, 1.54) is 0 Å². The Morgan fingerprint density at radius 1 is 1.39 bits per heavy atom. The first kappa shape index (κ1) is 15.0. The molecule has 1 aliphatic rings. The van der Waals surface area contributed by atoms with Gasteiger partial charge >= 0.3 is 5.97 Å². The minimum Gasteiger partial charge on any atom is -0.481 e. The molecule has 1 fully saturated rings. The van der Waals surface area contributed by atoms with Crippen LogP contribution in [0.1, 0.15) is 39.5 Å². The van der Waals surface area contributed by atoms with E-state index in [4.69, 9.17) is 0 Å². The van der Waals surface area contributed by atoms with Crippen molar-refractivity contribution in [2.45, 2.75) is 45.6 Å². The number of nitrogens with zero attached hydrogens (tertiary/aromatic N) is 1. The maximum absolute atomic E-state index is 11.6. The number of amides is 1. The Hall–Kier alpha value is -1.10. The van der Waals surface area contributed by atoms with E-state index in [1.807, 2.05) is 13.8 Å². The van der Waals surface area contributed by atoms with E-state index in [0.29, 0.717) is 25.9 Å². The molecule has 1 atom stereocenters. The molecular formula is C13H24N2O3. The van der Waals surface area contributed by atoms with Gasteiger partial charge in [0.1, 0.15) is 0 Å². The molecule has 104 valence electrons. The number of aliphatic carboxylic acids is 1. The fourth-order valence-electron chi connectivity index (χ4n) is 2.76. The zero-order valence-corrected chi connectivity index (χ0v) is 11.5. The molecule has 0 saturated carbocycles. The van der Waals surface area contributed by atoms with Crippen molar-refractivity contribution in [3.8, 4) is 0 Å². The molecule has 0 aromatic heterocycles. The second-order valence-corrected chi connectivity index (χ2v) is 5.16. The van der Waals surface area contributed by atoms with Crippen molar-refractivity contribution in [3.63, 3.8) is 0 Å². The first-order chi connectivity index (χ1) is 8.46. The van der Waals surface area contributed by atoms with Gasteiger partial charge in [-0.1, -0.05) is 13.3 Å². The predicted molar refractivity (Wildman–Crippen MR) is 69.3 cm³/mol. The Kier molecular flexibility index (Phi) is 5.14. The molecule has 1 aliphatic heterocycles. The third-order valence-corrected chi connectivity index (χ3v) is 4.11. The minimum atomic E-state index is -0.684. The summed E-state index contributed by atoms with van der Waals surface area (Å²) >= 11 is 0. The summed E-state index contributed by atoms with van der Waals surface area (Å²) in [5.41, 5.74) is -0.576. The third-order valence-electron chi connectivity index (χ3n) is 4.11. The molecule has 2 N–H and O–H groups in total. The second-order valence-electron chi connectivity index (χ2n) is 5.16. The average molecular weight is 256 g/mol. The number of piperidine rings is 1. The maximum atomic E-state index is 11.6. The molecule has 1 saturated heterocycles. The van der Waals surface area contributed by atoms with Crippen molar-refractivity contribution >= 4 is 11.9 Å². The topological polar surface area (TPSA) is 69.6 Å². The molecule has 0 bridgehead atoms. The van der Waals surface area contributed by atoms with Crippen molar-refractivity contribution < 1.29 is 14.7 Å². The summed E-state index contributed by atoms with van der Waals surface area (Å²) in [6, 6.07) is -0.177. The summed E-state index contributed by atoms with van der Waals surface area (Å²) in [6.07, 6.45) is 2.89. The van der Waals surface area contributed by atoms with Crippen LogP contribution < -0.4 is 5.32 Å². The smallest absolute Gasteiger partial charge is 0.309 e. The fraction of sp³-hybridized carbons (Fsp3) is 0.846. The first-order valence-electron chi connectivity index (χ1n) is 6.66. The number of rotatable bonds is 5. The molecule has 0 aliphatic carbocycles. The number of hydrogen-bond acceptors (Lipinski definition) is 3. The molecule has 18 heavy (non-hydrogen) atoms. The molecule has 1 rings (SSSR count). The van der Waals surface area contributed by atoms with Crippen LogP contribution in [0, 0.1) is 5.41 Å². The number of carbonyl (C=O) groups is 2. The monoisotopic (exact) mass is 256 g/mol. The summed E-state index contributed by atoms with van der Waals surface area (Å²) in [5, 5.41) is 12.0. The number of nitrogens with one attached hydrogen (secondary N) is 1. The van der Waals surface area contributed by atoms with Gasteiger partial charge in [-0.2, -0.15) is 0 Å². The van der Waals surface area contributed by atoms with E-state index in [0.717, 1.165) is 12.8 Å². The highest BCUT2D eigenvalue weighted by molar-refractivity contribution is 5.81. The van der Waals surface area contributed by atoms with Crippen LogP contribution >= 0.6 is 0 Å². The van der Waals surface area contributed by atoms with Crippen LogP contribution in [0.25, 0.3) is 0 Å². The molecule has 1 unspecified atom stereocenters. The number of carbonyl (C=O) groups excluding carboxylic acids is 1. The Bertz CT molecular complexity index is 309. The van der Waals surface area contributed by atoms with Crippen LogP contribution in [0.5, 0.6) is 0 Å². The zero-order chi connectivity index (χ0) is 13.8. The lowest BCUT2D eigenvalue weighted by Crippen LogP contribution is -2.51. The molecule has 0 radical (unpaired) electrons.